The number of hydrogen-bond donors (Lipinski definition) is 1. The van der Waals surface area contributed by atoms with Crippen LogP contribution in [0.15, 0.2) is 29.3 Å². The average molecular weight is 349 g/mol. The van der Waals surface area contributed by atoms with Crippen molar-refractivity contribution in [2.24, 2.45) is 5.73 Å². The molecule has 25 heavy (non-hydrogen) atoms. The molecule has 1 saturated heterocycles. The van der Waals surface area contributed by atoms with Crippen LogP contribution in [-0.4, -0.2) is 61.1 Å². The third-order valence-corrected chi connectivity index (χ3v) is 5.41. The predicted octanol–water partition coefficient (Wildman–Crippen LogP) is 1.21. The van der Waals surface area contributed by atoms with E-state index in [0.717, 1.165) is 31.6 Å². The molecule has 5 nitrogen and oxygen atoms in total. The van der Waals surface area contributed by atoms with Gasteiger partial charge in [-0.15, -0.1) is 0 Å². The normalized spacial score (nSPS) is 30.0. The summed E-state index contributed by atoms with van der Waals surface area (Å²) in [5, 5.41) is 0. The Hall–Kier alpha value is -1.83. The first kappa shape index (κ1) is 16.6. The van der Waals surface area contributed by atoms with Crippen LogP contribution in [0.5, 0.6) is 0 Å². The molecule has 1 aromatic rings. The highest BCUT2D eigenvalue weighted by atomic mass is 19.1. The van der Waals surface area contributed by atoms with Gasteiger partial charge in [-0.05, 0) is 35.8 Å². The molecule has 0 aromatic heterocycles. The van der Waals surface area contributed by atoms with Gasteiger partial charge in [0.2, 0.25) is 6.41 Å². The van der Waals surface area contributed by atoms with Crippen molar-refractivity contribution in [1.29, 1.82) is 0 Å². The summed E-state index contributed by atoms with van der Waals surface area (Å²) in [5.41, 5.74) is 9.04. The summed E-state index contributed by atoms with van der Waals surface area (Å²) >= 11 is 0. The number of rotatable bonds is 3. The molecule has 1 amide bonds. The Labute approximate surface area is 145 Å². The molecule has 0 bridgehead atoms. The van der Waals surface area contributed by atoms with E-state index in [4.69, 9.17) is 10.5 Å². The van der Waals surface area contributed by atoms with Gasteiger partial charge in [0.05, 0.1) is 6.61 Å². The molecule has 134 valence electrons. The fourth-order valence-corrected chi connectivity index (χ4v) is 4.12. The number of nitrogens with two attached hydrogens (primary N) is 1. The second-order valence-electron chi connectivity index (χ2n) is 7.10. The smallest absolute Gasteiger partial charge is 0.210 e. The number of amides is 1. The van der Waals surface area contributed by atoms with Crippen LogP contribution in [0, 0.1) is 11.6 Å². The highest BCUT2D eigenvalue weighted by Crippen LogP contribution is 2.34. The van der Waals surface area contributed by atoms with Gasteiger partial charge in [-0.1, -0.05) is 0 Å². The van der Waals surface area contributed by atoms with Crippen LogP contribution in [0.3, 0.4) is 0 Å². The van der Waals surface area contributed by atoms with E-state index >= 15 is 0 Å². The largest absolute Gasteiger partial charge is 0.370 e. The summed E-state index contributed by atoms with van der Waals surface area (Å²) in [4.78, 5) is 15.0. The zero-order valence-corrected chi connectivity index (χ0v) is 13.8. The molecule has 3 aliphatic heterocycles. The second kappa shape index (κ2) is 6.48. The molecule has 3 aliphatic rings. The van der Waals surface area contributed by atoms with Crippen molar-refractivity contribution in [3.63, 3.8) is 0 Å². The van der Waals surface area contributed by atoms with Crippen LogP contribution in [0.2, 0.25) is 0 Å². The maximum Gasteiger partial charge on any atom is 0.210 e. The number of carbonyl (C=O) groups is 1. The van der Waals surface area contributed by atoms with Gasteiger partial charge in [-0.2, -0.15) is 0 Å². The molecule has 0 aliphatic carbocycles. The van der Waals surface area contributed by atoms with Crippen LogP contribution in [0.4, 0.5) is 8.78 Å². The van der Waals surface area contributed by atoms with Crippen LogP contribution >= 0.6 is 0 Å². The topological polar surface area (TPSA) is 58.8 Å². The molecule has 0 saturated carbocycles. The number of nitrogens with zero attached hydrogens (tertiary/aromatic N) is 2. The first-order valence-corrected chi connectivity index (χ1v) is 8.50. The van der Waals surface area contributed by atoms with Crippen LogP contribution in [0.1, 0.15) is 18.1 Å². The van der Waals surface area contributed by atoms with Crippen LogP contribution in [-0.2, 0) is 9.53 Å². The van der Waals surface area contributed by atoms with Crippen molar-refractivity contribution >= 4 is 6.41 Å². The minimum Gasteiger partial charge on any atom is -0.370 e. The van der Waals surface area contributed by atoms with E-state index in [9.17, 15) is 13.6 Å². The van der Waals surface area contributed by atoms with Crippen molar-refractivity contribution in [1.82, 2.24) is 9.80 Å². The van der Waals surface area contributed by atoms with Crippen LogP contribution in [0.25, 0.3) is 0 Å². The Morgan fingerprint density at radius 2 is 1.88 bits per heavy atom. The first-order valence-electron chi connectivity index (χ1n) is 8.50. The minimum absolute atomic E-state index is 0.151. The van der Waals surface area contributed by atoms with Gasteiger partial charge in [-0.3, -0.25) is 9.69 Å². The SMILES string of the molecule is NC1CC(N2CC3=C(CN(C=O)C3)C2)COC1c1cc(F)ccc1F. The van der Waals surface area contributed by atoms with Gasteiger partial charge < -0.3 is 15.4 Å². The summed E-state index contributed by atoms with van der Waals surface area (Å²) in [7, 11) is 0. The zero-order valence-electron chi connectivity index (χ0n) is 13.8. The minimum atomic E-state index is -0.625. The van der Waals surface area contributed by atoms with Gasteiger partial charge >= 0.3 is 0 Å². The lowest BCUT2D eigenvalue weighted by molar-refractivity contribution is -0.117. The second-order valence-corrected chi connectivity index (χ2v) is 7.10. The van der Waals surface area contributed by atoms with Crippen molar-refractivity contribution in [3.05, 3.63) is 46.5 Å². The Morgan fingerprint density at radius 1 is 1.16 bits per heavy atom. The van der Waals surface area contributed by atoms with Crippen LogP contribution < -0.4 is 5.73 Å². The Balaban J connectivity index is 1.40. The Morgan fingerprint density at radius 3 is 2.52 bits per heavy atom. The van der Waals surface area contributed by atoms with E-state index < -0.39 is 23.8 Å². The summed E-state index contributed by atoms with van der Waals surface area (Å²) < 4.78 is 33.3. The quantitative estimate of drug-likeness (QED) is 0.658. The average Bonchev–Trinajstić information content (AvgIpc) is 3.15. The molecule has 0 radical (unpaired) electrons. The van der Waals surface area contributed by atoms with Gasteiger partial charge in [0.15, 0.2) is 0 Å². The highest BCUT2D eigenvalue weighted by molar-refractivity contribution is 5.52. The Kier molecular flexibility index (Phi) is 4.31. The van der Waals surface area contributed by atoms with Gasteiger partial charge in [0.25, 0.3) is 0 Å². The lowest BCUT2D eigenvalue weighted by Gasteiger charge is -2.39. The molecule has 3 unspecified atom stereocenters. The number of ether oxygens (including phenoxy) is 1. The van der Waals surface area contributed by atoms with E-state index in [2.05, 4.69) is 4.90 Å². The van der Waals surface area contributed by atoms with E-state index in [-0.39, 0.29) is 11.6 Å². The van der Waals surface area contributed by atoms with Gasteiger partial charge in [0, 0.05) is 43.8 Å². The van der Waals surface area contributed by atoms with Gasteiger partial charge in [0.1, 0.15) is 17.7 Å². The van der Waals surface area contributed by atoms with E-state index in [1.807, 2.05) is 0 Å². The maximum atomic E-state index is 14.0. The zero-order chi connectivity index (χ0) is 17.6. The predicted molar refractivity (Wildman–Crippen MR) is 87.7 cm³/mol. The van der Waals surface area contributed by atoms with E-state index in [1.54, 1.807) is 4.90 Å². The number of carbonyl (C=O) groups excluding carboxylic acids is 1. The lowest BCUT2D eigenvalue weighted by Crippen LogP contribution is -2.49. The monoisotopic (exact) mass is 349 g/mol. The molecule has 1 fully saturated rings. The number of halogens is 2. The molecule has 3 heterocycles. The molecular formula is C18H21F2N3O2. The first-order chi connectivity index (χ1) is 12.0. The highest BCUT2D eigenvalue weighted by Gasteiger charge is 2.38. The third kappa shape index (κ3) is 3.07. The van der Waals surface area contributed by atoms with Crippen molar-refractivity contribution in [3.8, 4) is 0 Å². The van der Waals surface area contributed by atoms with Crippen molar-refractivity contribution < 1.29 is 18.3 Å². The summed E-state index contributed by atoms with van der Waals surface area (Å²) in [6.45, 7) is 3.48. The van der Waals surface area contributed by atoms with Crippen molar-refractivity contribution in [2.75, 3.05) is 32.8 Å². The molecule has 0 spiro atoms. The summed E-state index contributed by atoms with van der Waals surface area (Å²) in [5.74, 6) is -0.981. The van der Waals surface area contributed by atoms with Gasteiger partial charge in [-0.25, -0.2) is 8.78 Å². The molecule has 4 rings (SSSR count). The summed E-state index contributed by atoms with van der Waals surface area (Å²) in [6.07, 6.45) is 0.929. The fraction of sp³-hybridized carbons (Fsp3) is 0.500. The maximum absolute atomic E-state index is 14.0. The summed E-state index contributed by atoms with van der Waals surface area (Å²) in [6, 6.07) is 3.13. The van der Waals surface area contributed by atoms with Crippen molar-refractivity contribution in [2.45, 2.75) is 24.6 Å². The number of benzene rings is 1. The Bertz CT molecular complexity index is 706. The fourth-order valence-electron chi connectivity index (χ4n) is 4.12. The van der Waals surface area contributed by atoms with E-state index in [1.165, 1.54) is 17.2 Å². The molecule has 1 aromatic carbocycles. The number of hydrogen-bond acceptors (Lipinski definition) is 4. The lowest BCUT2D eigenvalue weighted by atomic mass is 9.93. The van der Waals surface area contributed by atoms with E-state index in [0.29, 0.717) is 26.1 Å². The third-order valence-electron chi connectivity index (χ3n) is 5.41. The molecular weight excluding hydrogens is 328 g/mol. The molecule has 3 atom stereocenters. The standard InChI is InChI=1S/C18H21F2N3O2/c19-13-1-2-16(20)15(3-13)18-17(21)4-14(9-25-18)23-7-11-5-22(10-24)6-12(11)8-23/h1-3,10,14,17-18H,4-9,21H2. The molecule has 7 heteroatoms. The molecule has 2 N–H and O–H groups in total.